The molecule has 0 radical (unpaired) electrons. The van der Waals surface area contributed by atoms with E-state index in [1.165, 1.54) is 0 Å². The second-order valence-electron chi connectivity index (χ2n) is 6.65. The van der Waals surface area contributed by atoms with Gasteiger partial charge in [-0.1, -0.05) is 12.1 Å². The number of nitrogens with zero attached hydrogens (tertiary/aromatic N) is 2. The molecule has 24 heavy (non-hydrogen) atoms. The average molecular weight is 331 g/mol. The number of rotatable bonds is 5. The number of likely N-dealkylation sites (tertiary alicyclic amines) is 1. The maximum Gasteiger partial charge on any atom is 0.124 e. The van der Waals surface area contributed by atoms with E-state index in [4.69, 9.17) is 17.2 Å². The van der Waals surface area contributed by atoms with Crippen LogP contribution in [0.3, 0.4) is 0 Å². The number of phenolic OH excluding ortho intramolecular Hbond substituents is 1. The van der Waals surface area contributed by atoms with Gasteiger partial charge in [-0.3, -0.25) is 0 Å². The lowest BCUT2D eigenvalue weighted by molar-refractivity contribution is 0.196. The molecule has 0 saturated carbocycles. The molecule has 1 fully saturated rings. The highest BCUT2D eigenvalue weighted by molar-refractivity contribution is 5.69. The SMILES string of the molecule is CN(C)CC1CCN(C(/C=C(\N)c2ccccc2O)=C(N)N)CC1. The van der Waals surface area contributed by atoms with E-state index in [0.717, 1.165) is 38.2 Å². The molecule has 6 heteroatoms. The van der Waals surface area contributed by atoms with Crippen molar-refractivity contribution >= 4 is 5.70 Å². The lowest BCUT2D eigenvalue weighted by Crippen LogP contribution is -2.38. The third-order valence-electron chi connectivity index (χ3n) is 4.38. The minimum absolute atomic E-state index is 0.144. The Morgan fingerprint density at radius 3 is 2.38 bits per heavy atom. The smallest absolute Gasteiger partial charge is 0.124 e. The predicted octanol–water partition coefficient (Wildman–Crippen LogP) is 1.05. The second-order valence-corrected chi connectivity index (χ2v) is 6.65. The van der Waals surface area contributed by atoms with Crippen molar-refractivity contribution in [2.24, 2.45) is 23.1 Å². The first-order chi connectivity index (χ1) is 11.4. The number of piperidine rings is 1. The molecular formula is C18H29N5O. The van der Waals surface area contributed by atoms with Crippen molar-refractivity contribution < 1.29 is 5.11 Å². The first kappa shape index (κ1) is 18.0. The van der Waals surface area contributed by atoms with Gasteiger partial charge < -0.3 is 32.1 Å². The molecule has 1 aromatic carbocycles. The number of hydrogen-bond donors (Lipinski definition) is 4. The van der Waals surface area contributed by atoms with Crippen molar-refractivity contribution in [3.05, 3.63) is 47.4 Å². The molecule has 0 bridgehead atoms. The third kappa shape index (κ3) is 4.58. The van der Waals surface area contributed by atoms with Crippen LogP contribution in [0.2, 0.25) is 0 Å². The summed E-state index contributed by atoms with van der Waals surface area (Å²) in [6.07, 6.45) is 3.95. The summed E-state index contributed by atoms with van der Waals surface area (Å²) in [6.45, 7) is 2.90. The highest BCUT2D eigenvalue weighted by Crippen LogP contribution is 2.26. The minimum Gasteiger partial charge on any atom is -0.507 e. The van der Waals surface area contributed by atoms with Gasteiger partial charge in [-0.15, -0.1) is 0 Å². The number of nitrogens with two attached hydrogens (primary N) is 3. The molecule has 7 N–H and O–H groups in total. The van der Waals surface area contributed by atoms with Gasteiger partial charge in [0.15, 0.2) is 0 Å². The quantitative estimate of drug-likeness (QED) is 0.601. The van der Waals surface area contributed by atoms with Gasteiger partial charge in [-0.05, 0) is 51.1 Å². The zero-order valence-electron chi connectivity index (χ0n) is 14.6. The maximum atomic E-state index is 9.94. The molecule has 2 rings (SSSR count). The van der Waals surface area contributed by atoms with Crippen LogP contribution in [0, 0.1) is 5.92 Å². The lowest BCUT2D eigenvalue weighted by atomic mass is 9.96. The summed E-state index contributed by atoms with van der Waals surface area (Å²) in [5, 5.41) is 9.94. The molecule has 1 aliphatic rings. The lowest BCUT2D eigenvalue weighted by Gasteiger charge is -2.35. The highest BCUT2D eigenvalue weighted by atomic mass is 16.3. The van der Waals surface area contributed by atoms with Crippen LogP contribution in [-0.2, 0) is 0 Å². The van der Waals surface area contributed by atoms with Crippen molar-refractivity contribution in [2.75, 3.05) is 33.7 Å². The minimum atomic E-state index is 0.144. The van der Waals surface area contributed by atoms with Crippen LogP contribution < -0.4 is 17.2 Å². The van der Waals surface area contributed by atoms with Crippen LogP contribution in [0.25, 0.3) is 5.70 Å². The van der Waals surface area contributed by atoms with Crippen molar-refractivity contribution in [3.8, 4) is 5.75 Å². The Labute approximate surface area is 144 Å². The van der Waals surface area contributed by atoms with Crippen molar-refractivity contribution in [3.63, 3.8) is 0 Å². The summed E-state index contributed by atoms with van der Waals surface area (Å²) in [7, 11) is 4.21. The molecule has 0 spiro atoms. The first-order valence-electron chi connectivity index (χ1n) is 8.29. The van der Waals surface area contributed by atoms with Crippen LogP contribution in [0.15, 0.2) is 41.9 Å². The number of hydrogen-bond acceptors (Lipinski definition) is 6. The number of phenols is 1. The van der Waals surface area contributed by atoms with Gasteiger partial charge in [0.1, 0.15) is 11.6 Å². The monoisotopic (exact) mass is 331 g/mol. The molecule has 0 amide bonds. The van der Waals surface area contributed by atoms with Gasteiger partial charge in [0.25, 0.3) is 0 Å². The summed E-state index contributed by atoms with van der Waals surface area (Å²) >= 11 is 0. The van der Waals surface area contributed by atoms with Crippen molar-refractivity contribution in [1.29, 1.82) is 0 Å². The van der Waals surface area contributed by atoms with Gasteiger partial charge in [0, 0.05) is 30.9 Å². The molecule has 1 heterocycles. The fourth-order valence-electron chi connectivity index (χ4n) is 3.17. The van der Waals surface area contributed by atoms with E-state index < -0.39 is 0 Å². The zero-order chi connectivity index (χ0) is 17.7. The molecule has 0 atom stereocenters. The Morgan fingerprint density at radius 2 is 1.83 bits per heavy atom. The van der Waals surface area contributed by atoms with Crippen LogP contribution in [0.5, 0.6) is 5.75 Å². The van der Waals surface area contributed by atoms with E-state index >= 15 is 0 Å². The van der Waals surface area contributed by atoms with Gasteiger partial charge in [-0.25, -0.2) is 0 Å². The molecule has 1 aromatic rings. The summed E-state index contributed by atoms with van der Waals surface area (Å²) in [4.78, 5) is 4.40. The normalized spacial score (nSPS) is 16.5. The van der Waals surface area contributed by atoms with Crippen LogP contribution in [0.4, 0.5) is 0 Å². The van der Waals surface area contributed by atoms with Crippen LogP contribution in [-0.4, -0.2) is 48.6 Å². The Hall–Kier alpha value is -2.34. The number of benzene rings is 1. The van der Waals surface area contributed by atoms with E-state index in [2.05, 4.69) is 23.9 Å². The summed E-state index contributed by atoms with van der Waals surface area (Å²) in [5.74, 6) is 1.08. The summed E-state index contributed by atoms with van der Waals surface area (Å²) in [6, 6.07) is 6.97. The largest absolute Gasteiger partial charge is 0.507 e. The molecule has 1 aliphatic heterocycles. The zero-order valence-corrected chi connectivity index (χ0v) is 14.6. The summed E-state index contributed by atoms with van der Waals surface area (Å²) in [5.41, 5.74) is 19.7. The second kappa shape index (κ2) is 7.97. The molecule has 0 aromatic heterocycles. The molecule has 132 valence electrons. The Bertz CT molecular complexity index is 612. The predicted molar refractivity (Wildman–Crippen MR) is 98.5 cm³/mol. The molecule has 0 unspecified atom stereocenters. The first-order valence-corrected chi connectivity index (χ1v) is 8.29. The topological polar surface area (TPSA) is 105 Å². The van der Waals surface area contributed by atoms with Crippen LogP contribution in [0.1, 0.15) is 18.4 Å². The van der Waals surface area contributed by atoms with Gasteiger partial charge in [-0.2, -0.15) is 0 Å². The fourth-order valence-corrected chi connectivity index (χ4v) is 3.17. The van der Waals surface area contributed by atoms with E-state index in [-0.39, 0.29) is 11.6 Å². The number of allylic oxidation sites excluding steroid dienone is 1. The third-order valence-corrected chi connectivity index (χ3v) is 4.38. The Balaban J connectivity index is 2.13. The Kier molecular flexibility index (Phi) is 5.98. The molecular weight excluding hydrogens is 302 g/mol. The van der Waals surface area contributed by atoms with E-state index in [0.29, 0.717) is 17.2 Å². The van der Waals surface area contributed by atoms with Gasteiger partial charge in [0.05, 0.1) is 5.70 Å². The van der Waals surface area contributed by atoms with E-state index in [1.807, 2.05) is 6.07 Å². The van der Waals surface area contributed by atoms with Crippen LogP contribution >= 0.6 is 0 Å². The fraction of sp³-hybridized carbons (Fsp3) is 0.444. The van der Waals surface area contributed by atoms with Gasteiger partial charge in [0.2, 0.25) is 0 Å². The van der Waals surface area contributed by atoms with E-state index in [1.54, 1.807) is 24.3 Å². The molecule has 0 aliphatic carbocycles. The van der Waals surface area contributed by atoms with E-state index in [9.17, 15) is 5.11 Å². The molecule has 6 nitrogen and oxygen atoms in total. The number of para-hydroxylation sites is 1. The van der Waals surface area contributed by atoms with Crippen molar-refractivity contribution in [1.82, 2.24) is 9.80 Å². The Morgan fingerprint density at radius 1 is 1.21 bits per heavy atom. The number of aromatic hydroxyl groups is 1. The van der Waals surface area contributed by atoms with Gasteiger partial charge >= 0.3 is 0 Å². The maximum absolute atomic E-state index is 9.94. The average Bonchev–Trinajstić information content (AvgIpc) is 2.53. The van der Waals surface area contributed by atoms with Crippen molar-refractivity contribution in [2.45, 2.75) is 12.8 Å². The highest BCUT2D eigenvalue weighted by Gasteiger charge is 2.22. The standard InChI is InChI=1S/C18H29N5O/c1-22(2)12-13-7-9-23(10-8-13)16(18(20)21)11-15(19)14-5-3-4-6-17(14)24/h3-6,11,13,24H,7-10,12,19-21H2,1-2H3/b15-11-. The molecule has 1 saturated heterocycles. The summed E-state index contributed by atoms with van der Waals surface area (Å²) < 4.78 is 0.